The van der Waals surface area contributed by atoms with Crippen LogP contribution in [0.1, 0.15) is 17.9 Å². The average Bonchev–Trinajstić information content (AvgIpc) is 2.83. The van der Waals surface area contributed by atoms with Crippen LogP contribution in [0.15, 0.2) is 33.7 Å². The summed E-state index contributed by atoms with van der Waals surface area (Å²) in [6.45, 7) is 4.11. The molecule has 0 unspecified atom stereocenters. The molecule has 1 aromatic carbocycles. The summed E-state index contributed by atoms with van der Waals surface area (Å²) in [6.07, 6.45) is 0.466. The first kappa shape index (κ1) is 19.3. The summed E-state index contributed by atoms with van der Waals surface area (Å²) in [6, 6.07) is 5.43. The Kier molecular flexibility index (Phi) is 5.47. The second-order valence-electron chi connectivity index (χ2n) is 6.31. The number of aryl methyl sites for hydroxylation is 2. The van der Waals surface area contributed by atoms with Crippen molar-refractivity contribution < 1.29 is 22.1 Å². The fourth-order valence-corrected chi connectivity index (χ4v) is 4.83. The molecule has 1 aromatic heterocycles. The van der Waals surface area contributed by atoms with Gasteiger partial charge in [0.1, 0.15) is 16.4 Å². The number of sulfonamides is 1. The van der Waals surface area contributed by atoms with Crippen LogP contribution >= 0.6 is 0 Å². The van der Waals surface area contributed by atoms with Crippen molar-refractivity contribution in [3.8, 4) is 0 Å². The van der Waals surface area contributed by atoms with Crippen LogP contribution < -0.4 is 5.32 Å². The van der Waals surface area contributed by atoms with Gasteiger partial charge in [-0.05, 0) is 32.4 Å². The zero-order chi connectivity index (χ0) is 19.6. The molecule has 0 spiro atoms. The Labute approximate surface area is 157 Å². The topological polar surface area (TPSA) is 95.8 Å². The van der Waals surface area contributed by atoms with Gasteiger partial charge in [0, 0.05) is 26.2 Å². The number of aromatic nitrogens is 1. The van der Waals surface area contributed by atoms with Crippen LogP contribution in [0.5, 0.6) is 0 Å². The van der Waals surface area contributed by atoms with Crippen LogP contribution in [0.4, 0.5) is 14.9 Å². The Bertz CT molecular complexity index is 925. The van der Waals surface area contributed by atoms with E-state index >= 15 is 0 Å². The van der Waals surface area contributed by atoms with E-state index in [-0.39, 0.29) is 36.0 Å². The molecule has 0 radical (unpaired) electrons. The zero-order valence-electron chi connectivity index (χ0n) is 15.1. The number of amides is 2. The molecule has 1 fully saturated rings. The second kappa shape index (κ2) is 7.65. The molecule has 1 N–H and O–H groups in total. The van der Waals surface area contributed by atoms with Crippen molar-refractivity contribution in [3.05, 3.63) is 41.5 Å². The minimum atomic E-state index is -3.76. The van der Waals surface area contributed by atoms with Gasteiger partial charge in [-0.25, -0.2) is 17.6 Å². The summed E-state index contributed by atoms with van der Waals surface area (Å²) in [5, 5.41) is 6.23. The molecule has 1 aliphatic rings. The lowest BCUT2D eigenvalue weighted by molar-refractivity contribution is 0.214. The number of carbonyl (C=O) groups excluding carboxylic acids is 1. The molecule has 0 saturated carbocycles. The number of nitrogens with one attached hydrogen (secondary N) is 1. The highest BCUT2D eigenvalue weighted by atomic mass is 32.2. The van der Waals surface area contributed by atoms with E-state index < -0.39 is 21.9 Å². The standard InChI is InChI=1S/C17H21FN4O4S/c1-12-16(13(2)26-20-12)27(24,25)22-9-5-8-21(10-11-22)17(23)19-15-7-4-3-6-14(15)18/h3-4,6-7H,5,8-11H2,1-2H3,(H,19,23). The molecule has 2 amide bonds. The van der Waals surface area contributed by atoms with Gasteiger partial charge in [-0.15, -0.1) is 0 Å². The van der Waals surface area contributed by atoms with Crippen molar-refractivity contribution in [1.29, 1.82) is 0 Å². The number of hydrogen-bond acceptors (Lipinski definition) is 5. The third-order valence-corrected chi connectivity index (χ3v) is 6.57. The van der Waals surface area contributed by atoms with Gasteiger partial charge in [-0.3, -0.25) is 0 Å². The largest absolute Gasteiger partial charge is 0.360 e. The van der Waals surface area contributed by atoms with Crippen molar-refractivity contribution in [3.63, 3.8) is 0 Å². The molecule has 10 heteroatoms. The molecule has 146 valence electrons. The van der Waals surface area contributed by atoms with E-state index in [1.807, 2.05) is 0 Å². The first-order valence-electron chi connectivity index (χ1n) is 8.54. The third kappa shape index (κ3) is 3.96. The summed E-state index contributed by atoms with van der Waals surface area (Å²) >= 11 is 0. The number of anilines is 1. The van der Waals surface area contributed by atoms with Gasteiger partial charge < -0.3 is 14.7 Å². The van der Waals surface area contributed by atoms with E-state index in [0.29, 0.717) is 18.7 Å². The molecular formula is C17H21FN4O4S. The summed E-state index contributed by atoms with van der Waals surface area (Å²) in [7, 11) is -3.76. The number of rotatable bonds is 3. The predicted molar refractivity (Wildman–Crippen MR) is 96.3 cm³/mol. The Morgan fingerprint density at radius 1 is 1.19 bits per heavy atom. The van der Waals surface area contributed by atoms with E-state index in [2.05, 4.69) is 10.5 Å². The quantitative estimate of drug-likeness (QED) is 0.859. The Morgan fingerprint density at radius 3 is 2.59 bits per heavy atom. The Balaban J connectivity index is 1.70. The lowest BCUT2D eigenvalue weighted by Gasteiger charge is -2.22. The minimum Gasteiger partial charge on any atom is -0.360 e. The maximum absolute atomic E-state index is 13.7. The average molecular weight is 396 g/mol. The first-order valence-corrected chi connectivity index (χ1v) is 9.98. The van der Waals surface area contributed by atoms with Gasteiger partial charge in [0.05, 0.1) is 5.69 Å². The molecular weight excluding hydrogens is 375 g/mol. The van der Waals surface area contributed by atoms with Crippen LogP contribution in [-0.4, -0.2) is 55.0 Å². The maximum atomic E-state index is 13.7. The number of nitrogens with zero attached hydrogens (tertiary/aromatic N) is 3. The van der Waals surface area contributed by atoms with Gasteiger partial charge in [-0.2, -0.15) is 4.31 Å². The number of hydrogen-bond donors (Lipinski definition) is 1. The highest BCUT2D eigenvalue weighted by Gasteiger charge is 2.33. The van der Waals surface area contributed by atoms with Crippen molar-refractivity contribution in [2.45, 2.75) is 25.2 Å². The summed E-state index contributed by atoms with van der Waals surface area (Å²) in [4.78, 5) is 14.0. The number of urea groups is 1. The normalized spacial score (nSPS) is 16.2. The molecule has 1 aliphatic heterocycles. The van der Waals surface area contributed by atoms with E-state index in [9.17, 15) is 17.6 Å². The Hall–Kier alpha value is -2.46. The van der Waals surface area contributed by atoms with E-state index in [4.69, 9.17) is 4.52 Å². The summed E-state index contributed by atoms with van der Waals surface area (Å²) in [5.74, 6) is -0.283. The number of benzene rings is 1. The zero-order valence-corrected chi connectivity index (χ0v) is 15.9. The van der Waals surface area contributed by atoms with Gasteiger partial charge in [-0.1, -0.05) is 17.3 Å². The monoisotopic (exact) mass is 396 g/mol. The second-order valence-corrected chi connectivity index (χ2v) is 8.18. The van der Waals surface area contributed by atoms with Gasteiger partial charge in [0.15, 0.2) is 5.76 Å². The van der Waals surface area contributed by atoms with Crippen LogP contribution in [0, 0.1) is 19.7 Å². The summed E-state index contributed by atoms with van der Waals surface area (Å²) < 4.78 is 45.8. The van der Waals surface area contributed by atoms with Crippen molar-refractivity contribution in [1.82, 2.24) is 14.4 Å². The third-order valence-electron chi connectivity index (χ3n) is 4.42. The molecule has 1 saturated heterocycles. The molecule has 8 nitrogen and oxygen atoms in total. The van der Waals surface area contributed by atoms with Crippen molar-refractivity contribution in [2.24, 2.45) is 0 Å². The molecule has 0 bridgehead atoms. The van der Waals surface area contributed by atoms with Gasteiger partial charge in [0.25, 0.3) is 0 Å². The lowest BCUT2D eigenvalue weighted by Crippen LogP contribution is -2.39. The number of para-hydroxylation sites is 1. The highest BCUT2D eigenvalue weighted by Crippen LogP contribution is 2.24. The van der Waals surface area contributed by atoms with E-state index in [1.165, 1.54) is 27.4 Å². The summed E-state index contributed by atoms with van der Waals surface area (Å²) in [5.41, 5.74) is 0.401. The van der Waals surface area contributed by atoms with Crippen molar-refractivity contribution >= 4 is 21.7 Å². The number of halogens is 1. The van der Waals surface area contributed by atoms with Crippen molar-refractivity contribution in [2.75, 3.05) is 31.5 Å². The van der Waals surface area contributed by atoms with Crippen LogP contribution in [0.25, 0.3) is 0 Å². The predicted octanol–water partition coefficient (Wildman–Crippen LogP) is 2.36. The molecule has 2 heterocycles. The van der Waals surface area contributed by atoms with Crippen LogP contribution in [0.3, 0.4) is 0 Å². The van der Waals surface area contributed by atoms with E-state index in [1.54, 1.807) is 19.9 Å². The molecule has 27 heavy (non-hydrogen) atoms. The fourth-order valence-electron chi connectivity index (χ4n) is 3.07. The first-order chi connectivity index (χ1) is 12.8. The highest BCUT2D eigenvalue weighted by molar-refractivity contribution is 7.89. The molecule has 2 aromatic rings. The van der Waals surface area contributed by atoms with Crippen LogP contribution in [0.2, 0.25) is 0 Å². The minimum absolute atomic E-state index is 0.0757. The van der Waals surface area contributed by atoms with E-state index in [0.717, 1.165) is 0 Å². The Morgan fingerprint density at radius 2 is 1.93 bits per heavy atom. The fraction of sp³-hybridized carbons (Fsp3) is 0.412. The molecule has 0 atom stereocenters. The van der Waals surface area contributed by atoms with Crippen LogP contribution in [-0.2, 0) is 10.0 Å². The van der Waals surface area contributed by atoms with Gasteiger partial charge >= 0.3 is 6.03 Å². The lowest BCUT2D eigenvalue weighted by atomic mass is 10.3. The maximum Gasteiger partial charge on any atom is 0.321 e. The molecule has 3 rings (SSSR count). The molecule has 0 aliphatic carbocycles. The number of carbonyl (C=O) groups is 1. The smallest absolute Gasteiger partial charge is 0.321 e. The van der Waals surface area contributed by atoms with Gasteiger partial charge in [0.2, 0.25) is 10.0 Å². The SMILES string of the molecule is Cc1noc(C)c1S(=O)(=O)N1CCCN(C(=O)Nc2ccccc2F)CC1.